The van der Waals surface area contributed by atoms with Crippen molar-refractivity contribution >= 4 is 11.3 Å². The molecule has 0 atom stereocenters. The molecule has 0 spiro atoms. The van der Waals surface area contributed by atoms with Gasteiger partial charge in [-0.15, -0.1) is 11.3 Å². The molecular formula is C15H20N2O2S. The Hall–Kier alpha value is -1.59. The molecular weight excluding hydrogens is 272 g/mol. The average Bonchev–Trinajstić information content (AvgIpc) is 2.94. The third-order valence-corrected chi connectivity index (χ3v) is 3.86. The molecule has 1 heterocycles. The second kappa shape index (κ2) is 7.26. The summed E-state index contributed by atoms with van der Waals surface area (Å²) in [5.74, 6) is 1.47. The number of benzene rings is 1. The first-order chi connectivity index (χ1) is 9.76. The lowest BCUT2D eigenvalue weighted by atomic mass is 10.2. The molecule has 2 rings (SSSR count). The Morgan fingerprint density at radius 1 is 1.20 bits per heavy atom. The molecule has 0 bridgehead atoms. The van der Waals surface area contributed by atoms with Crippen molar-refractivity contribution in [2.45, 2.75) is 33.4 Å². The van der Waals surface area contributed by atoms with E-state index in [1.54, 1.807) is 11.3 Å². The van der Waals surface area contributed by atoms with Gasteiger partial charge in [0, 0.05) is 11.9 Å². The predicted molar refractivity (Wildman–Crippen MR) is 81.3 cm³/mol. The van der Waals surface area contributed by atoms with Gasteiger partial charge in [-0.1, -0.05) is 13.0 Å². The molecule has 0 saturated carbocycles. The van der Waals surface area contributed by atoms with Crippen molar-refractivity contribution in [1.82, 2.24) is 4.98 Å². The van der Waals surface area contributed by atoms with Crippen LogP contribution >= 0.6 is 11.3 Å². The fraction of sp³-hybridized carbons (Fsp3) is 0.400. The van der Waals surface area contributed by atoms with E-state index in [4.69, 9.17) is 15.2 Å². The van der Waals surface area contributed by atoms with Gasteiger partial charge < -0.3 is 15.2 Å². The van der Waals surface area contributed by atoms with Gasteiger partial charge in [0.1, 0.15) is 6.61 Å². The van der Waals surface area contributed by atoms with Crippen LogP contribution in [0.4, 0.5) is 0 Å². The minimum absolute atomic E-state index is 0.457. The Balaban J connectivity index is 2.07. The largest absolute Gasteiger partial charge is 0.490 e. The predicted octanol–water partition coefficient (Wildman–Crippen LogP) is 3.14. The van der Waals surface area contributed by atoms with E-state index < -0.39 is 0 Å². The van der Waals surface area contributed by atoms with Gasteiger partial charge in [0.2, 0.25) is 0 Å². The molecule has 0 aliphatic carbocycles. The molecule has 0 saturated heterocycles. The lowest BCUT2D eigenvalue weighted by Gasteiger charge is -2.12. The molecule has 2 aromatic rings. The van der Waals surface area contributed by atoms with Gasteiger partial charge >= 0.3 is 0 Å². The molecule has 0 aliphatic rings. The first-order valence-electron chi connectivity index (χ1n) is 6.78. The summed E-state index contributed by atoms with van der Waals surface area (Å²) in [6.07, 6.45) is 0.958. The summed E-state index contributed by atoms with van der Waals surface area (Å²) in [6.45, 7) is 5.60. The number of hydrogen-bond acceptors (Lipinski definition) is 5. The van der Waals surface area contributed by atoms with Crippen LogP contribution in [0.15, 0.2) is 23.6 Å². The highest BCUT2D eigenvalue weighted by molar-refractivity contribution is 7.09. The maximum atomic E-state index is 5.81. The molecule has 4 nitrogen and oxygen atoms in total. The van der Waals surface area contributed by atoms with Gasteiger partial charge in [-0.25, -0.2) is 4.98 Å². The van der Waals surface area contributed by atoms with Crippen LogP contribution in [0, 0.1) is 0 Å². The summed E-state index contributed by atoms with van der Waals surface area (Å²) >= 11 is 1.67. The van der Waals surface area contributed by atoms with Crippen LogP contribution in [-0.4, -0.2) is 11.6 Å². The summed E-state index contributed by atoms with van der Waals surface area (Å²) < 4.78 is 11.4. The Labute approximate surface area is 123 Å². The minimum atomic E-state index is 0.457. The average molecular weight is 292 g/mol. The van der Waals surface area contributed by atoms with Gasteiger partial charge in [0.25, 0.3) is 0 Å². The van der Waals surface area contributed by atoms with E-state index in [1.165, 1.54) is 0 Å². The molecule has 0 radical (unpaired) electrons. The third kappa shape index (κ3) is 3.71. The van der Waals surface area contributed by atoms with Gasteiger partial charge in [-0.05, 0) is 31.0 Å². The summed E-state index contributed by atoms with van der Waals surface area (Å²) in [5.41, 5.74) is 7.63. The van der Waals surface area contributed by atoms with Crippen LogP contribution in [0.25, 0.3) is 0 Å². The number of thiazole rings is 1. The Kier molecular flexibility index (Phi) is 5.38. The van der Waals surface area contributed by atoms with E-state index >= 15 is 0 Å². The summed E-state index contributed by atoms with van der Waals surface area (Å²) in [7, 11) is 0. The van der Waals surface area contributed by atoms with Crippen molar-refractivity contribution in [2.75, 3.05) is 6.61 Å². The molecule has 2 N–H and O–H groups in total. The third-order valence-electron chi connectivity index (χ3n) is 2.82. The van der Waals surface area contributed by atoms with E-state index in [2.05, 4.69) is 11.9 Å². The highest BCUT2D eigenvalue weighted by Gasteiger charge is 2.08. The molecule has 20 heavy (non-hydrogen) atoms. The second-order valence-electron chi connectivity index (χ2n) is 4.29. The van der Waals surface area contributed by atoms with Crippen molar-refractivity contribution in [2.24, 2.45) is 5.73 Å². The van der Waals surface area contributed by atoms with E-state index in [9.17, 15) is 0 Å². The molecule has 5 heteroatoms. The van der Waals surface area contributed by atoms with Gasteiger partial charge in [0.05, 0.1) is 17.3 Å². The molecule has 0 aliphatic heterocycles. The van der Waals surface area contributed by atoms with Crippen LogP contribution < -0.4 is 15.2 Å². The topological polar surface area (TPSA) is 57.4 Å². The quantitative estimate of drug-likeness (QED) is 0.851. The Bertz CT molecular complexity index is 555. The number of rotatable bonds is 7. The Morgan fingerprint density at radius 2 is 2.05 bits per heavy atom. The van der Waals surface area contributed by atoms with Gasteiger partial charge in [0.15, 0.2) is 11.5 Å². The molecule has 1 aromatic heterocycles. The second-order valence-corrected chi connectivity index (χ2v) is 5.24. The lowest BCUT2D eigenvalue weighted by Crippen LogP contribution is -2.02. The zero-order valence-corrected chi connectivity index (χ0v) is 12.7. The smallest absolute Gasteiger partial charge is 0.161 e. The Morgan fingerprint density at radius 3 is 2.70 bits per heavy atom. The zero-order chi connectivity index (χ0) is 14.4. The number of ether oxygens (including phenoxy) is 2. The van der Waals surface area contributed by atoms with Crippen LogP contribution in [0.3, 0.4) is 0 Å². The van der Waals surface area contributed by atoms with E-state index in [-0.39, 0.29) is 0 Å². The van der Waals surface area contributed by atoms with Gasteiger partial charge in [-0.2, -0.15) is 0 Å². The van der Waals surface area contributed by atoms with Crippen molar-refractivity contribution < 1.29 is 9.47 Å². The zero-order valence-electron chi connectivity index (χ0n) is 11.9. The number of aromatic nitrogens is 1. The van der Waals surface area contributed by atoms with E-state index in [0.717, 1.165) is 34.2 Å². The standard InChI is InChI=1S/C15H20N2O2S/c1-3-15-17-12(10-20-15)9-19-13-6-5-11(8-16)7-14(13)18-4-2/h5-7,10H,3-4,8-9,16H2,1-2H3. The highest BCUT2D eigenvalue weighted by Crippen LogP contribution is 2.29. The monoisotopic (exact) mass is 292 g/mol. The lowest BCUT2D eigenvalue weighted by molar-refractivity contribution is 0.266. The molecule has 0 amide bonds. The first-order valence-corrected chi connectivity index (χ1v) is 7.66. The van der Waals surface area contributed by atoms with Crippen LogP contribution in [0.2, 0.25) is 0 Å². The number of nitrogens with zero attached hydrogens (tertiary/aromatic N) is 1. The summed E-state index contributed by atoms with van der Waals surface area (Å²) in [4.78, 5) is 4.49. The van der Waals surface area contributed by atoms with Crippen LogP contribution in [-0.2, 0) is 19.6 Å². The molecule has 0 fully saturated rings. The number of nitrogens with two attached hydrogens (primary N) is 1. The fourth-order valence-electron chi connectivity index (χ4n) is 1.80. The molecule has 1 aromatic carbocycles. The maximum absolute atomic E-state index is 5.81. The number of hydrogen-bond donors (Lipinski definition) is 1. The summed E-state index contributed by atoms with van der Waals surface area (Å²) in [6, 6.07) is 5.79. The van der Waals surface area contributed by atoms with Crippen molar-refractivity contribution in [3.63, 3.8) is 0 Å². The van der Waals surface area contributed by atoms with Crippen molar-refractivity contribution in [3.05, 3.63) is 39.8 Å². The minimum Gasteiger partial charge on any atom is -0.490 e. The normalized spacial score (nSPS) is 10.6. The van der Waals surface area contributed by atoms with Crippen LogP contribution in [0.1, 0.15) is 30.1 Å². The highest BCUT2D eigenvalue weighted by atomic mass is 32.1. The first kappa shape index (κ1) is 14.8. The SMILES string of the molecule is CCOc1cc(CN)ccc1OCc1csc(CC)n1. The van der Waals surface area contributed by atoms with E-state index in [1.807, 2.05) is 30.5 Å². The fourth-order valence-corrected chi connectivity index (χ4v) is 2.53. The van der Waals surface area contributed by atoms with Crippen LogP contribution in [0.5, 0.6) is 11.5 Å². The van der Waals surface area contributed by atoms with E-state index in [0.29, 0.717) is 19.8 Å². The van der Waals surface area contributed by atoms with Crippen molar-refractivity contribution in [1.29, 1.82) is 0 Å². The number of aryl methyl sites for hydroxylation is 1. The summed E-state index contributed by atoms with van der Waals surface area (Å²) in [5, 5.41) is 3.17. The van der Waals surface area contributed by atoms with Gasteiger partial charge in [-0.3, -0.25) is 0 Å². The molecule has 0 unspecified atom stereocenters. The maximum Gasteiger partial charge on any atom is 0.161 e. The molecule has 108 valence electrons. The van der Waals surface area contributed by atoms with Crippen molar-refractivity contribution in [3.8, 4) is 11.5 Å².